The molecule has 0 spiro atoms. The van der Waals surface area contributed by atoms with E-state index in [4.69, 9.17) is 11.6 Å². The van der Waals surface area contributed by atoms with Crippen LogP contribution < -0.4 is 0 Å². The van der Waals surface area contributed by atoms with Crippen LogP contribution >= 0.6 is 11.6 Å². The first-order valence-corrected chi connectivity index (χ1v) is 6.17. The van der Waals surface area contributed by atoms with Crippen LogP contribution in [0.15, 0.2) is 30.3 Å². The van der Waals surface area contributed by atoms with E-state index in [0.717, 1.165) is 11.6 Å². The largest absolute Gasteiger partial charge is 0.384 e. The normalized spacial score (nSPS) is 12.5. The first kappa shape index (κ1) is 14.0. The topological polar surface area (TPSA) is 20.2 Å². The molecular formula is C15H13ClF2O. The lowest BCUT2D eigenvalue weighted by atomic mass is 9.96. The zero-order valence-corrected chi connectivity index (χ0v) is 11.3. The molecule has 0 radical (unpaired) electrons. The fourth-order valence-corrected chi connectivity index (χ4v) is 2.23. The van der Waals surface area contributed by atoms with Crippen molar-refractivity contribution in [2.45, 2.75) is 20.0 Å². The molecule has 1 atom stereocenters. The Morgan fingerprint density at radius 3 is 2.26 bits per heavy atom. The smallest absolute Gasteiger partial charge is 0.132 e. The Bertz CT molecular complexity index is 626. The van der Waals surface area contributed by atoms with Crippen LogP contribution in [-0.4, -0.2) is 5.11 Å². The summed E-state index contributed by atoms with van der Waals surface area (Å²) in [5.74, 6) is -1.38. The molecule has 0 aromatic heterocycles. The van der Waals surface area contributed by atoms with Gasteiger partial charge < -0.3 is 5.11 Å². The van der Waals surface area contributed by atoms with E-state index in [0.29, 0.717) is 16.1 Å². The molecule has 19 heavy (non-hydrogen) atoms. The Kier molecular flexibility index (Phi) is 3.88. The van der Waals surface area contributed by atoms with Crippen molar-refractivity contribution >= 4 is 11.6 Å². The molecule has 1 N–H and O–H groups in total. The van der Waals surface area contributed by atoms with Crippen molar-refractivity contribution in [1.29, 1.82) is 0 Å². The highest BCUT2D eigenvalue weighted by atomic mass is 35.5. The zero-order chi connectivity index (χ0) is 14.2. The quantitative estimate of drug-likeness (QED) is 0.870. The first-order valence-electron chi connectivity index (χ1n) is 5.80. The highest BCUT2D eigenvalue weighted by molar-refractivity contribution is 6.30. The number of benzene rings is 2. The van der Waals surface area contributed by atoms with Crippen molar-refractivity contribution in [1.82, 2.24) is 0 Å². The summed E-state index contributed by atoms with van der Waals surface area (Å²) in [5, 5.41) is 10.8. The van der Waals surface area contributed by atoms with Gasteiger partial charge in [-0.1, -0.05) is 17.7 Å². The van der Waals surface area contributed by atoms with Crippen molar-refractivity contribution in [2.24, 2.45) is 0 Å². The average Bonchev–Trinajstić information content (AvgIpc) is 2.33. The summed E-state index contributed by atoms with van der Waals surface area (Å²) < 4.78 is 27.0. The Labute approximate surface area is 115 Å². The summed E-state index contributed by atoms with van der Waals surface area (Å²) in [4.78, 5) is 0. The van der Waals surface area contributed by atoms with Gasteiger partial charge >= 0.3 is 0 Å². The third kappa shape index (κ3) is 2.77. The standard InChI is InChI=1S/C15H13ClF2O/c1-8-5-10(16)3-4-11(8)15(19)12-6-9(2)13(17)7-14(12)18/h3-7,15,19H,1-2H3. The van der Waals surface area contributed by atoms with Gasteiger partial charge in [0.15, 0.2) is 0 Å². The highest BCUT2D eigenvalue weighted by Crippen LogP contribution is 2.29. The van der Waals surface area contributed by atoms with Gasteiger partial charge in [-0.15, -0.1) is 0 Å². The second-order valence-electron chi connectivity index (χ2n) is 4.53. The van der Waals surface area contributed by atoms with Crippen LogP contribution in [0.2, 0.25) is 5.02 Å². The summed E-state index contributed by atoms with van der Waals surface area (Å²) in [6.07, 6.45) is -1.14. The monoisotopic (exact) mass is 282 g/mol. The third-order valence-corrected chi connectivity index (χ3v) is 3.33. The van der Waals surface area contributed by atoms with E-state index in [2.05, 4.69) is 0 Å². The van der Waals surface area contributed by atoms with Gasteiger partial charge in [0, 0.05) is 16.7 Å². The maximum absolute atomic E-state index is 13.8. The fourth-order valence-electron chi connectivity index (χ4n) is 2.00. The Balaban J connectivity index is 2.49. The molecule has 0 fully saturated rings. The van der Waals surface area contributed by atoms with E-state index < -0.39 is 17.7 Å². The SMILES string of the molecule is Cc1cc(C(O)c2ccc(Cl)cc2C)c(F)cc1F. The summed E-state index contributed by atoms with van der Waals surface area (Å²) in [7, 11) is 0. The average molecular weight is 283 g/mol. The second kappa shape index (κ2) is 5.27. The maximum atomic E-state index is 13.8. The van der Waals surface area contributed by atoms with Crippen molar-refractivity contribution in [3.05, 3.63) is 69.2 Å². The van der Waals surface area contributed by atoms with Gasteiger partial charge in [0.25, 0.3) is 0 Å². The van der Waals surface area contributed by atoms with Crippen LogP contribution in [0.5, 0.6) is 0 Å². The third-order valence-electron chi connectivity index (χ3n) is 3.10. The summed E-state index contributed by atoms with van der Waals surface area (Å²) >= 11 is 5.84. The molecule has 0 amide bonds. The summed E-state index contributed by atoms with van der Waals surface area (Å²) in [6, 6.07) is 7.07. The molecule has 0 saturated heterocycles. The number of aliphatic hydroxyl groups is 1. The van der Waals surface area contributed by atoms with Crippen LogP contribution in [-0.2, 0) is 0 Å². The first-order chi connectivity index (χ1) is 8.90. The number of hydrogen-bond acceptors (Lipinski definition) is 1. The van der Waals surface area contributed by atoms with Gasteiger partial charge in [0.05, 0.1) is 0 Å². The predicted octanol–water partition coefficient (Wildman–Crippen LogP) is 4.32. The van der Waals surface area contributed by atoms with Crippen LogP contribution in [0, 0.1) is 25.5 Å². The van der Waals surface area contributed by atoms with E-state index in [9.17, 15) is 13.9 Å². The van der Waals surface area contributed by atoms with E-state index in [1.807, 2.05) is 0 Å². The van der Waals surface area contributed by atoms with Gasteiger partial charge in [-0.3, -0.25) is 0 Å². The lowest BCUT2D eigenvalue weighted by Crippen LogP contribution is -2.06. The molecule has 100 valence electrons. The van der Waals surface area contributed by atoms with E-state index in [1.165, 1.54) is 13.0 Å². The van der Waals surface area contributed by atoms with Gasteiger partial charge in [-0.25, -0.2) is 8.78 Å². The molecule has 0 aliphatic carbocycles. The molecule has 1 nitrogen and oxygen atoms in total. The number of aliphatic hydroxyl groups excluding tert-OH is 1. The van der Waals surface area contributed by atoms with Crippen molar-refractivity contribution in [2.75, 3.05) is 0 Å². The van der Waals surface area contributed by atoms with E-state index in [-0.39, 0.29) is 5.56 Å². The molecule has 0 heterocycles. The molecule has 1 unspecified atom stereocenters. The highest BCUT2D eigenvalue weighted by Gasteiger charge is 2.18. The Morgan fingerprint density at radius 2 is 1.63 bits per heavy atom. The minimum absolute atomic E-state index is 0.0596. The minimum Gasteiger partial charge on any atom is -0.384 e. The Morgan fingerprint density at radius 1 is 0.947 bits per heavy atom. The Hall–Kier alpha value is -1.45. The van der Waals surface area contributed by atoms with E-state index >= 15 is 0 Å². The van der Waals surface area contributed by atoms with Gasteiger partial charge in [-0.2, -0.15) is 0 Å². The summed E-state index contributed by atoms with van der Waals surface area (Å²) in [5.41, 5.74) is 1.65. The molecule has 0 aliphatic rings. The maximum Gasteiger partial charge on any atom is 0.132 e. The van der Waals surface area contributed by atoms with Crippen molar-refractivity contribution in [3.63, 3.8) is 0 Å². The minimum atomic E-state index is -1.14. The zero-order valence-electron chi connectivity index (χ0n) is 10.5. The molecule has 0 bridgehead atoms. The fraction of sp³-hybridized carbons (Fsp3) is 0.200. The van der Waals surface area contributed by atoms with Gasteiger partial charge in [0.1, 0.15) is 17.7 Å². The number of rotatable bonds is 2. The van der Waals surface area contributed by atoms with Gasteiger partial charge in [-0.05, 0) is 48.7 Å². The number of halogens is 3. The van der Waals surface area contributed by atoms with Crippen LogP contribution in [0.3, 0.4) is 0 Å². The van der Waals surface area contributed by atoms with Crippen LogP contribution in [0.1, 0.15) is 28.4 Å². The number of hydrogen-bond donors (Lipinski definition) is 1. The lowest BCUT2D eigenvalue weighted by molar-refractivity contribution is 0.214. The second-order valence-corrected chi connectivity index (χ2v) is 4.96. The molecule has 2 aromatic carbocycles. The molecule has 2 rings (SSSR count). The molecule has 2 aromatic rings. The van der Waals surface area contributed by atoms with Crippen molar-refractivity contribution in [3.8, 4) is 0 Å². The number of aryl methyl sites for hydroxylation is 2. The van der Waals surface area contributed by atoms with Crippen LogP contribution in [0.25, 0.3) is 0 Å². The lowest BCUT2D eigenvalue weighted by Gasteiger charge is -2.16. The van der Waals surface area contributed by atoms with E-state index in [1.54, 1.807) is 25.1 Å². The summed E-state index contributed by atoms with van der Waals surface area (Å²) in [6.45, 7) is 3.30. The van der Waals surface area contributed by atoms with Gasteiger partial charge in [0.2, 0.25) is 0 Å². The molecule has 0 aliphatic heterocycles. The molecule has 0 saturated carbocycles. The predicted molar refractivity (Wildman–Crippen MR) is 71.3 cm³/mol. The van der Waals surface area contributed by atoms with Crippen LogP contribution in [0.4, 0.5) is 8.78 Å². The molecule has 4 heteroatoms. The molecular weight excluding hydrogens is 270 g/mol. The van der Waals surface area contributed by atoms with Crippen molar-refractivity contribution < 1.29 is 13.9 Å².